The molecule has 2 rings (SSSR count). The Morgan fingerprint density at radius 1 is 1.20 bits per heavy atom. The molecule has 1 aliphatic carbocycles. The quantitative estimate of drug-likeness (QED) is 0.689. The minimum atomic E-state index is -3.24. The van der Waals surface area contributed by atoms with E-state index in [1.54, 1.807) is 12.1 Å². The van der Waals surface area contributed by atoms with Gasteiger partial charge in [-0.05, 0) is 42.5 Å². The van der Waals surface area contributed by atoms with Crippen molar-refractivity contribution in [3.8, 4) is 0 Å². The normalized spacial score (nSPS) is 17.0. The summed E-state index contributed by atoms with van der Waals surface area (Å²) in [6.07, 6.45) is 8.35. The molecule has 3 N–H and O–H groups in total. The van der Waals surface area contributed by atoms with Gasteiger partial charge in [0, 0.05) is 25.1 Å². The number of sulfone groups is 1. The van der Waals surface area contributed by atoms with Crippen LogP contribution in [0.2, 0.25) is 0 Å². The first-order valence-corrected chi connectivity index (χ1v) is 10.7. The second-order valence-electron chi connectivity index (χ2n) is 6.92. The molecule has 1 saturated carbocycles. The maximum absolute atomic E-state index is 12.0. The van der Waals surface area contributed by atoms with Crippen LogP contribution in [0.1, 0.15) is 38.5 Å². The molecule has 1 atom stereocenters. The number of carbonyl (C=O) groups excluding carboxylic acids is 1. The third-order valence-electron chi connectivity index (χ3n) is 4.74. The Balaban J connectivity index is 1.78. The van der Waals surface area contributed by atoms with Crippen molar-refractivity contribution in [3.63, 3.8) is 0 Å². The highest BCUT2D eigenvalue weighted by molar-refractivity contribution is 7.90. The number of hydrogen-bond acceptors (Lipinski definition) is 4. The number of anilines is 1. The number of carbonyl (C=O) groups is 1. The van der Waals surface area contributed by atoms with E-state index in [1.165, 1.54) is 44.2 Å². The Labute approximate surface area is 149 Å². The third-order valence-corrected chi connectivity index (χ3v) is 5.87. The fraction of sp³-hybridized carbons (Fsp3) is 0.611. The summed E-state index contributed by atoms with van der Waals surface area (Å²) in [4.78, 5) is 12.2. The highest BCUT2D eigenvalue weighted by Crippen LogP contribution is 2.28. The van der Waals surface area contributed by atoms with E-state index in [2.05, 4.69) is 10.6 Å². The molecular formula is C18H28N2O4S. The van der Waals surface area contributed by atoms with Gasteiger partial charge in [-0.3, -0.25) is 0 Å². The number of aliphatic hydroxyl groups is 1. The minimum absolute atomic E-state index is 0.0693. The summed E-state index contributed by atoms with van der Waals surface area (Å²) in [5.74, 6) is 0.723. The molecule has 1 aliphatic rings. The van der Waals surface area contributed by atoms with E-state index in [1.807, 2.05) is 0 Å². The molecule has 0 aliphatic heterocycles. The van der Waals surface area contributed by atoms with E-state index < -0.39 is 9.84 Å². The van der Waals surface area contributed by atoms with Crippen LogP contribution in [0.15, 0.2) is 29.2 Å². The first-order chi connectivity index (χ1) is 11.9. The van der Waals surface area contributed by atoms with Crippen molar-refractivity contribution in [2.24, 2.45) is 11.8 Å². The summed E-state index contributed by atoms with van der Waals surface area (Å²) in [5, 5.41) is 15.0. The zero-order valence-electron chi connectivity index (χ0n) is 14.7. The van der Waals surface area contributed by atoms with Crippen LogP contribution in [-0.4, -0.2) is 39.0 Å². The second-order valence-corrected chi connectivity index (χ2v) is 8.94. The second kappa shape index (κ2) is 9.20. The van der Waals surface area contributed by atoms with E-state index in [0.29, 0.717) is 18.2 Å². The third kappa shape index (κ3) is 6.66. The van der Waals surface area contributed by atoms with Gasteiger partial charge in [-0.25, -0.2) is 13.2 Å². The number of urea groups is 1. The van der Waals surface area contributed by atoms with Gasteiger partial charge in [-0.15, -0.1) is 0 Å². The summed E-state index contributed by atoms with van der Waals surface area (Å²) in [6, 6.07) is 5.69. The fourth-order valence-corrected chi connectivity index (χ4v) is 3.94. The predicted octanol–water partition coefficient (Wildman–Crippen LogP) is 2.79. The highest BCUT2D eigenvalue weighted by Gasteiger charge is 2.19. The van der Waals surface area contributed by atoms with Gasteiger partial charge in [0.2, 0.25) is 0 Å². The first-order valence-electron chi connectivity index (χ1n) is 8.84. The monoisotopic (exact) mass is 368 g/mol. The maximum Gasteiger partial charge on any atom is 0.319 e. The van der Waals surface area contributed by atoms with E-state index in [4.69, 9.17) is 0 Å². The average molecular weight is 368 g/mol. The van der Waals surface area contributed by atoms with Crippen LogP contribution in [-0.2, 0) is 9.84 Å². The lowest BCUT2D eigenvalue weighted by Gasteiger charge is -2.25. The molecule has 0 spiro atoms. The molecule has 2 amide bonds. The lowest BCUT2D eigenvalue weighted by atomic mass is 9.83. The van der Waals surface area contributed by atoms with Crippen molar-refractivity contribution in [3.05, 3.63) is 24.3 Å². The van der Waals surface area contributed by atoms with Gasteiger partial charge in [0.05, 0.1) is 4.90 Å². The van der Waals surface area contributed by atoms with Crippen LogP contribution in [0.5, 0.6) is 0 Å². The predicted molar refractivity (Wildman–Crippen MR) is 98.3 cm³/mol. The van der Waals surface area contributed by atoms with Gasteiger partial charge in [0.1, 0.15) is 0 Å². The first kappa shape index (κ1) is 19.7. The summed E-state index contributed by atoms with van der Waals surface area (Å²) >= 11 is 0. The van der Waals surface area contributed by atoms with E-state index in [-0.39, 0.29) is 23.5 Å². The Bertz CT molecular complexity index is 652. The van der Waals surface area contributed by atoms with Crippen molar-refractivity contribution in [1.82, 2.24) is 5.32 Å². The molecule has 1 fully saturated rings. The number of rotatable bonds is 7. The Hall–Kier alpha value is -1.60. The zero-order valence-corrected chi connectivity index (χ0v) is 15.5. The molecule has 0 bridgehead atoms. The Kier molecular flexibility index (Phi) is 7.25. The van der Waals surface area contributed by atoms with Gasteiger partial charge < -0.3 is 15.7 Å². The molecule has 0 unspecified atom stereocenters. The molecule has 0 radical (unpaired) electrons. The van der Waals surface area contributed by atoms with Crippen LogP contribution >= 0.6 is 0 Å². The van der Waals surface area contributed by atoms with E-state index >= 15 is 0 Å². The largest absolute Gasteiger partial charge is 0.396 e. The fourth-order valence-electron chi connectivity index (χ4n) is 3.31. The summed E-state index contributed by atoms with van der Waals surface area (Å²) in [5.41, 5.74) is 0.526. The number of amides is 2. The van der Waals surface area contributed by atoms with Crippen molar-refractivity contribution in [1.29, 1.82) is 0 Å². The molecule has 7 heteroatoms. The number of nitrogens with one attached hydrogen (secondary N) is 2. The average Bonchev–Trinajstić information content (AvgIpc) is 2.59. The van der Waals surface area contributed by atoms with E-state index in [0.717, 1.165) is 12.7 Å². The minimum Gasteiger partial charge on any atom is -0.396 e. The lowest BCUT2D eigenvalue weighted by Crippen LogP contribution is -2.35. The van der Waals surface area contributed by atoms with Crippen LogP contribution < -0.4 is 10.6 Å². The lowest BCUT2D eigenvalue weighted by molar-refractivity contribution is 0.182. The van der Waals surface area contributed by atoms with Gasteiger partial charge >= 0.3 is 6.03 Å². The summed E-state index contributed by atoms with van der Waals surface area (Å²) < 4.78 is 22.8. The molecular weight excluding hydrogens is 340 g/mol. The van der Waals surface area contributed by atoms with Gasteiger partial charge in [0.25, 0.3) is 0 Å². The molecule has 0 saturated heterocycles. The van der Waals surface area contributed by atoms with Crippen molar-refractivity contribution < 1.29 is 18.3 Å². The number of aliphatic hydroxyl groups excluding tert-OH is 1. The van der Waals surface area contributed by atoms with Crippen molar-refractivity contribution in [2.45, 2.75) is 43.4 Å². The Morgan fingerprint density at radius 2 is 1.84 bits per heavy atom. The molecule has 1 aromatic rings. The molecule has 0 heterocycles. The SMILES string of the molecule is CS(=O)(=O)c1ccc(NC(=O)NC[C@@H](CO)CC2CCCCC2)cc1. The van der Waals surface area contributed by atoms with Crippen LogP contribution in [0.3, 0.4) is 0 Å². The van der Waals surface area contributed by atoms with Gasteiger partial charge in [-0.2, -0.15) is 0 Å². The maximum atomic E-state index is 12.0. The Morgan fingerprint density at radius 3 is 2.40 bits per heavy atom. The highest BCUT2D eigenvalue weighted by atomic mass is 32.2. The smallest absolute Gasteiger partial charge is 0.319 e. The molecule has 140 valence electrons. The molecule has 0 aromatic heterocycles. The van der Waals surface area contributed by atoms with Gasteiger partial charge in [0.15, 0.2) is 9.84 Å². The summed E-state index contributed by atoms with van der Waals surface area (Å²) in [6.45, 7) is 0.500. The van der Waals surface area contributed by atoms with Crippen LogP contribution in [0.25, 0.3) is 0 Å². The molecule has 1 aromatic carbocycles. The van der Waals surface area contributed by atoms with Crippen molar-refractivity contribution >= 4 is 21.6 Å². The zero-order chi connectivity index (χ0) is 18.3. The standard InChI is InChI=1S/C18H28N2O4S/c1-25(23,24)17-9-7-16(8-10-17)20-18(22)19-12-15(13-21)11-14-5-3-2-4-6-14/h7-10,14-15,21H,2-6,11-13H2,1H3,(H2,19,20,22)/t15-/m0/s1. The van der Waals surface area contributed by atoms with E-state index in [9.17, 15) is 18.3 Å². The number of hydrogen-bond donors (Lipinski definition) is 3. The summed E-state index contributed by atoms with van der Waals surface area (Å²) in [7, 11) is -3.24. The van der Waals surface area contributed by atoms with Gasteiger partial charge in [-0.1, -0.05) is 32.1 Å². The topological polar surface area (TPSA) is 95.5 Å². The van der Waals surface area contributed by atoms with Crippen LogP contribution in [0, 0.1) is 11.8 Å². The molecule has 6 nitrogen and oxygen atoms in total. The van der Waals surface area contributed by atoms with Crippen molar-refractivity contribution in [2.75, 3.05) is 24.7 Å². The molecule has 25 heavy (non-hydrogen) atoms. The van der Waals surface area contributed by atoms with Crippen LogP contribution in [0.4, 0.5) is 10.5 Å². The number of benzene rings is 1.